The number of aromatic nitrogens is 2. The Kier molecular flexibility index (Phi) is 9.81. The second-order valence-corrected chi connectivity index (χ2v) is 8.11. The highest BCUT2D eigenvalue weighted by Gasteiger charge is 2.11. The van der Waals surface area contributed by atoms with Gasteiger partial charge in [0.15, 0.2) is 5.16 Å². The van der Waals surface area contributed by atoms with Crippen LogP contribution in [0.1, 0.15) is 5.56 Å². The van der Waals surface area contributed by atoms with E-state index in [2.05, 4.69) is 28.4 Å². The van der Waals surface area contributed by atoms with Gasteiger partial charge in [-0.2, -0.15) is 0 Å². The molecule has 0 radical (unpaired) electrons. The van der Waals surface area contributed by atoms with E-state index in [1.165, 1.54) is 11.8 Å². The molecular formula is C20H21Cl3N4OS. The molecule has 1 amide bonds. The Morgan fingerprint density at radius 1 is 1.14 bits per heavy atom. The normalized spacial score (nSPS) is 10.4. The molecule has 0 fully saturated rings. The van der Waals surface area contributed by atoms with Gasteiger partial charge in [-0.05, 0) is 24.1 Å². The van der Waals surface area contributed by atoms with Crippen molar-refractivity contribution < 1.29 is 4.79 Å². The summed E-state index contributed by atoms with van der Waals surface area (Å²) in [6.45, 7) is 9.15. The second kappa shape index (κ2) is 12.1. The maximum atomic E-state index is 12.1. The lowest BCUT2D eigenvalue weighted by atomic mass is 10.1. The molecule has 0 spiro atoms. The fourth-order valence-electron chi connectivity index (χ4n) is 2.43. The molecule has 0 aliphatic carbocycles. The number of hydrogen-bond acceptors (Lipinski definition) is 5. The Balaban J connectivity index is 1.89. The first-order valence-electron chi connectivity index (χ1n) is 8.77. The first-order chi connectivity index (χ1) is 13.9. The van der Waals surface area contributed by atoms with Gasteiger partial charge in [0.2, 0.25) is 5.91 Å². The molecule has 1 heterocycles. The van der Waals surface area contributed by atoms with Crippen molar-refractivity contribution in [2.45, 2.75) is 11.6 Å². The minimum atomic E-state index is -0.126. The van der Waals surface area contributed by atoms with Crippen LogP contribution in [0.25, 0.3) is 0 Å². The number of halogens is 3. The zero-order chi connectivity index (χ0) is 21.2. The number of amides is 1. The van der Waals surface area contributed by atoms with E-state index in [-0.39, 0.29) is 11.7 Å². The Labute approximate surface area is 190 Å². The maximum Gasteiger partial charge on any atom is 0.230 e. The molecule has 5 nitrogen and oxygen atoms in total. The lowest BCUT2D eigenvalue weighted by molar-refractivity contribution is -0.118. The van der Waals surface area contributed by atoms with Crippen LogP contribution >= 0.6 is 46.6 Å². The van der Waals surface area contributed by atoms with Crippen LogP contribution in [0.15, 0.2) is 54.7 Å². The molecule has 0 saturated heterocycles. The Hall–Kier alpha value is -1.73. The summed E-state index contributed by atoms with van der Waals surface area (Å²) in [5, 5.41) is 4.77. The number of rotatable bonds is 11. The van der Waals surface area contributed by atoms with E-state index >= 15 is 0 Å². The molecule has 0 atom stereocenters. The van der Waals surface area contributed by atoms with Crippen molar-refractivity contribution >= 4 is 58.3 Å². The van der Waals surface area contributed by atoms with Crippen molar-refractivity contribution in [3.05, 3.63) is 70.3 Å². The minimum absolute atomic E-state index is 0.126. The van der Waals surface area contributed by atoms with Crippen LogP contribution in [0.5, 0.6) is 0 Å². The molecule has 2 rings (SSSR count). The first kappa shape index (κ1) is 23.5. The number of carbonyl (C=O) groups is 1. The third-order valence-electron chi connectivity index (χ3n) is 3.75. The van der Waals surface area contributed by atoms with E-state index in [4.69, 9.17) is 34.8 Å². The van der Waals surface area contributed by atoms with E-state index in [0.717, 1.165) is 5.56 Å². The molecule has 0 bridgehead atoms. The Morgan fingerprint density at radius 2 is 1.86 bits per heavy atom. The van der Waals surface area contributed by atoms with Crippen LogP contribution in [0, 0.1) is 0 Å². The predicted octanol–water partition coefficient (Wildman–Crippen LogP) is 5.07. The molecule has 154 valence electrons. The van der Waals surface area contributed by atoms with Gasteiger partial charge in [-0.25, -0.2) is 9.97 Å². The summed E-state index contributed by atoms with van der Waals surface area (Å²) in [7, 11) is 0. The average Bonchev–Trinajstić information content (AvgIpc) is 2.67. The summed E-state index contributed by atoms with van der Waals surface area (Å²) in [5.41, 5.74) is 0.927. The van der Waals surface area contributed by atoms with Gasteiger partial charge in [0.05, 0.1) is 5.75 Å². The number of carbonyl (C=O) groups excluding carboxylic acids is 1. The fourth-order valence-corrected chi connectivity index (χ4v) is 3.84. The van der Waals surface area contributed by atoms with E-state index in [1.807, 2.05) is 11.0 Å². The smallest absolute Gasteiger partial charge is 0.230 e. The monoisotopic (exact) mass is 470 g/mol. The lowest BCUT2D eigenvalue weighted by Gasteiger charge is -2.20. The van der Waals surface area contributed by atoms with Gasteiger partial charge in [-0.1, -0.05) is 64.8 Å². The van der Waals surface area contributed by atoms with Crippen LogP contribution in [0.4, 0.5) is 5.82 Å². The molecule has 9 heteroatoms. The molecule has 0 aliphatic heterocycles. The Bertz CT molecular complexity index is 869. The van der Waals surface area contributed by atoms with Gasteiger partial charge in [-0.3, -0.25) is 4.79 Å². The molecule has 1 N–H and O–H groups in total. The zero-order valence-corrected chi connectivity index (χ0v) is 18.8. The molecule has 0 saturated carbocycles. The number of nitrogens with zero attached hydrogens (tertiary/aromatic N) is 3. The predicted molar refractivity (Wildman–Crippen MR) is 124 cm³/mol. The van der Waals surface area contributed by atoms with E-state index in [0.29, 0.717) is 52.2 Å². The number of benzene rings is 1. The molecule has 0 aliphatic rings. The molecule has 1 aromatic heterocycles. The van der Waals surface area contributed by atoms with Crippen LogP contribution in [0.3, 0.4) is 0 Å². The van der Waals surface area contributed by atoms with Crippen LogP contribution in [0.2, 0.25) is 15.2 Å². The Morgan fingerprint density at radius 3 is 2.52 bits per heavy atom. The first-order valence-corrected chi connectivity index (χ1v) is 10.9. The minimum Gasteiger partial charge on any atom is -0.355 e. The molecule has 1 aromatic carbocycles. The van der Waals surface area contributed by atoms with Gasteiger partial charge in [0.1, 0.15) is 11.0 Å². The largest absolute Gasteiger partial charge is 0.355 e. The van der Waals surface area contributed by atoms with Crippen molar-refractivity contribution in [1.29, 1.82) is 0 Å². The third-order valence-corrected chi connectivity index (χ3v) is 5.38. The zero-order valence-electron chi connectivity index (χ0n) is 15.7. The van der Waals surface area contributed by atoms with Crippen molar-refractivity contribution in [2.75, 3.05) is 30.3 Å². The van der Waals surface area contributed by atoms with Gasteiger partial charge in [0, 0.05) is 35.7 Å². The van der Waals surface area contributed by atoms with Crippen LogP contribution in [-0.2, 0) is 11.2 Å². The van der Waals surface area contributed by atoms with Crippen molar-refractivity contribution in [3.8, 4) is 0 Å². The van der Waals surface area contributed by atoms with E-state index in [1.54, 1.807) is 30.4 Å². The summed E-state index contributed by atoms with van der Waals surface area (Å²) in [5.74, 6) is 0.709. The van der Waals surface area contributed by atoms with Crippen molar-refractivity contribution in [3.63, 3.8) is 0 Å². The third kappa shape index (κ3) is 7.90. The number of thioether (sulfide) groups is 1. The molecule has 29 heavy (non-hydrogen) atoms. The SMILES string of the molecule is C=CCN(CC=C)c1cc(Cl)nc(SCC(=O)NCCc2ccc(Cl)cc2Cl)n1. The fraction of sp³-hybridized carbons (Fsp3) is 0.250. The highest BCUT2D eigenvalue weighted by molar-refractivity contribution is 7.99. The summed E-state index contributed by atoms with van der Waals surface area (Å²) >= 11 is 19.4. The number of hydrogen-bond donors (Lipinski definition) is 1. The quantitative estimate of drug-likeness (QED) is 0.215. The van der Waals surface area contributed by atoms with E-state index < -0.39 is 0 Å². The summed E-state index contributed by atoms with van der Waals surface area (Å²) in [6, 6.07) is 6.99. The molecule has 0 unspecified atom stereocenters. The van der Waals surface area contributed by atoms with Crippen LogP contribution < -0.4 is 10.2 Å². The number of anilines is 1. The van der Waals surface area contributed by atoms with E-state index in [9.17, 15) is 4.79 Å². The number of nitrogens with one attached hydrogen (secondary N) is 1. The summed E-state index contributed by atoms with van der Waals surface area (Å²) < 4.78 is 0. The maximum absolute atomic E-state index is 12.1. The van der Waals surface area contributed by atoms with Gasteiger partial charge in [-0.15, -0.1) is 13.2 Å². The van der Waals surface area contributed by atoms with Gasteiger partial charge in [0.25, 0.3) is 0 Å². The summed E-state index contributed by atoms with van der Waals surface area (Å²) in [4.78, 5) is 22.8. The van der Waals surface area contributed by atoms with Gasteiger partial charge >= 0.3 is 0 Å². The molecular weight excluding hydrogens is 451 g/mol. The summed E-state index contributed by atoms with van der Waals surface area (Å²) in [6.07, 6.45) is 4.15. The van der Waals surface area contributed by atoms with Crippen molar-refractivity contribution in [2.24, 2.45) is 0 Å². The standard InChI is InChI=1S/C20H21Cl3N4OS/c1-3-9-27(10-4-2)18-12-17(23)25-20(26-18)29-13-19(28)24-8-7-14-5-6-15(21)11-16(14)22/h3-6,11-12H,1-2,7-10,13H2,(H,24,28). The van der Waals surface area contributed by atoms with Gasteiger partial charge < -0.3 is 10.2 Å². The highest BCUT2D eigenvalue weighted by Crippen LogP contribution is 2.22. The second-order valence-electron chi connectivity index (χ2n) is 5.94. The average molecular weight is 472 g/mol. The molecule has 2 aromatic rings. The highest BCUT2D eigenvalue weighted by atomic mass is 35.5. The van der Waals surface area contributed by atoms with Crippen LogP contribution in [-0.4, -0.2) is 41.3 Å². The van der Waals surface area contributed by atoms with Crippen molar-refractivity contribution in [1.82, 2.24) is 15.3 Å². The topological polar surface area (TPSA) is 58.1 Å². The lowest BCUT2D eigenvalue weighted by Crippen LogP contribution is -2.27.